The van der Waals surface area contributed by atoms with Gasteiger partial charge < -0.3 is 10.2 Å². The van der Waals surface area contributed by atoms with Crippen LogP contribution in [0.25, 0.3) is 0 Å². The fourth-order valence-electron chi connectivity index (χ4n) is 4.20. The van der Waals surface area contributed by atoms with Crippen molar-refractivity contribution in [1.82, 2.24) is 10.2 Å². The monoisotopic (exact) mass is 323 g/mol. The minimum atomic E-state index is 0.184. The van der Waals surface area contributed by atoms with Gasteiger partial charge in [0.05, 0.1) is 0 Å². The van der Waals surface area contributed by atoms with Crippen molar-refractivity contribution in [2.24, 2.45) is 16.8 Å². The summed E-state index contributed by atoms with van der Waals surface area (Å²) < 4.78 is 0.380. The highest BCUT2D eigenvalue weighted by molar-refractivity contribution is 8.15. The first-order chi connectivity index (χ1) is 10.4. The zero-order chi connectivity index (χ0) is 15.8. The third-order valence-electron chi connectivity index (χ3n) is 6.26. The van der Waals surface area contributed by atoms with E-state index in [4.69, 9.17) is 4.99 Å². The summed E-state index contributed by atoms with van der Waals surface area (Å²) in [7, 11) is 2.23. The van der Waals surface area contributed by atoms with E-state index in [0.717, 1.165) is 18.4 Å². The predicted molar refractivity (Wildman–Crippen MR) is 97.7 cm³/mol. The Bertz CT molecular complexity index is 416. The van der Waals surface area contributed by atoms with Gasteiger partial charge in [0.15, 0.2) is 5.17 Å². The maximum atomic E-state index is 4.99. The molecule has 3 nitrogen and oxygen atoms in total. The Hall–Kier alpha value is -0.220. The van der Waals surface area contributed by atoms with Gasteiger partial charge in [-0.15, -0.1) is 0 Å². The number of nitrogens with zero attached hydrogens (tertiary/aromatic N) is 2. The number of hydrogen-bond acceptors (Lipinski definition) is 3. The van der Waals surface area contributed by atoms with Crippen LogP contribution in [0.2, 0.25) is 0 Å². The van der Waals surface area contributed by atoms with E-state index in [1.807, 2.05) is 0 Å². The van der Waals surface area contributed by atoms with E-state index in [1.54, 1.807) is 0 Å². The van der Waals surface area contributed by atoms with Crippen LogP contribution in [0.4, 0.5) is 0 Å². The van der Waals surface area contributed by atoms with Gasteiger partial charge in [-0.25, -0.2) is 0 Å². The Balaban J connectivity index is 1.61. The van der Waals surface area contributed by atoms with E-state index in [9.17, 15) is 0 Å². The van der Waals surface area contributed by atoms with Gasteiger partial charge in [-0.05, 0) is 84.3 Å². The summed E-state index contributed by atoms with van der Waals surface area (Å²) in [6.07, 6.45) is 8.05. The lowest BCUT2D eigenvalue weighted by molar-refractivity contribution is 0.223. The van der Waals surface area contributed by atoms with Crippen LogP contribution in [-0.4, -0.2) is 47.0 Å². The molecular weight excluding hydrogens is 290 g/mol. The Morgan fingerprint density at radius 2 is 1.82 bits per heavy atom. The molecule has 3 aliphatic rings. The number of nitrogens with one attached hydrogen (secondary N) is 1. The molecule has 1 saturated carbocycles. The van der Waals surface area contributed by atoms with Gasteiger partial charge in [0, 0.05) is 16.8 Å². The molecular formula is C18H33N3S. The van der Waals surface area contributed by atoms with E-state index in [1.165, 1.54) is 56.8 Å². The fourth-order valence-corrected chi connectivity index (χ4v) is 5.76. The minimum Gasteiger partial charge on any atom is -0.359 e. The number of aliphatic imine (C=N–C) groups is 1. The van der Waals surface area contributed by atoms with E-state index in [-0.39, 0.29) is 5.54 Å². The summed E-state index contributed by atoms with van der Waals surface area (Å²) in [6, 6.07) is 0. The lowest BCUT2D eigenvalue weighted by Crippen LogP contribution is -2.52. The molecule has 1 aliphatic carbocycles. The Labute approximate surface area is 140 Å². The molecule has 2 saturated heterocycles. The number of piperidine rings is 1. The van der Waals surface area contributed by atoms with Crippen molar-refractivity contribution in [2.45, 2.75) is 69.6 Å². The molecule has 126 valence electrons. The van der Waals surface area contributed by atoms with Crippen molar-refractivity contribution in [3.8, 4) is 0 Å². The summed E-state index contributed by atoms with van der Waals surface area (Å²) in [4.78, 5) is 7.42. The summed E-state index contributed by atoms with van der Waals surface area (Å²) in [6.45, 7) is 10.7. The van der Waals surface area contributed by atoms with Crippen LogP contribution in [0, 0.1) is 11.8 Å². The lowest BCUT2D eigenvalue weighted by Gasteiger charge is -2.43. The van der Waals surface area contributed by atoms with Gasteiger partial charge in [0.25, 0.3) is 0 Å². The lowest BCUT2D eigenvalue weighted by atomic mass is 9.73. The highest BCUT2D eigenvalue weighted by Gasteiger charge is 2.53. The molecule has 0 bridgehead atoms. The molecule has 3 fully saturated rings. The van der Waals surface area contributed by atoms with Crippen molar-refractivity contribution in [2.75, 3.05) is 26.7 Å². The Morgan fingerprint density at radius 1 is 1.18 bits per heavy atom. The zero-order valence-electron chi connectivity index (χ0n) is 14.8. The quantitative estimate of drug-likeness (QED) is 0.839. The highest BCUT2D eigenvalue weighted by atomic mass is 32.2. The van der Waals surface area contributed by atoms with Crippen molar-refractivity contribution < 1.29 is 0 Å². The van der Waals surface area contributed by atoms with Gasteiger partial charge >= 0.3 is 0 Å². The first-order valence-electron chi connectivity index (χ1n) is 9.10. The van der Waals surface area contributed by atoms with Crippen LogP contribution in [0.5, 0.6) is 0 Å². The number of hydrogen-bond donors (Lipinski definition) is 1. The SMILES string of the molecule is CC1CCC2(CC1)SC(=NCC1CCN(C)CC1)NC2(C)C. The number of amidine groups is 1. The third kappa shape index (κ3) is 3.33. The van der Waals surface area contributed by atoms with E-state index < -0.39 is 0 Å². The summed E-state index contributed by atoms with van der Waals surface area (Å²) >= 11 is 2.06. The Morgan fingerprint density at radius 3 is 2.45 bits per heavy atom. The van der Waals surface area contributed by atoms with Gasteiger partial charge in [0.1, 0.15) is 0 Å². The van der Waals surface area contributed by atoms with Gasteiger partial charge in [-0.2, -0.15) is 0 Å². The molecule has 2 aliphatic heterocycles. The van der Waals surface area contributed by atoms with Crippen LogP contribution >= 0.6 is 11.8 Å². The second-order valence-electron chi connectivity index (χ2n) is 8.42. The van der Waals surface area contributed by atoms with Crippen molar-refractivity contribution in [3.63, 3.8) is 0 Å². The molecule has 0 aromatic carbocycles. The normalized spacial score (nSPS) is 38.5. The second-order valence-corrected chi connectivity index (χ2v) is 9.79. The molecule has 4 heteroatoms. The van der Waals surface area contributed by atoms with E-state index >= 15 is 0 Å². The summed E-state index contributed by atoms with van der Waals surface area (Å²) in [5.41, 5.74) is 0.184. The van der Waals surface area contributed by atoms with Crippen LogP contribution < -0.4 is 5.32 Å². The molecule has 22 heavy (non-hydrogen) atoms. The molecule has 1 N–H and O–H groups in total. The number of likely N-dealkylation sites (tertiary alicyclic amines) is 1. The molecule has 0 unspecified atom stereocenters. The standard InChI is InChI=1S/C18H33N3S/c1-14-5-9-18(10-6-14)17(2,3)20-16(22-18)19-13-15-7-11-21(4)12-8-15/h14-15H,5-13H2,1-4H3,(H,19,20). The topological polar surface area (TPSA) is 27.6 Å². The van der Waals surface area contributed by atoms with Gasteiger partial charge in [-0.1, -0.05) is 18.7 Å². The van der Waals surface area contributed by atoms with E-state index in [0.29, 0.717) is 4.75 Å². The van der Waals surface area contributed by atoms with Crippen LogP contribution in [0.3, 0.4) is 0 Å². The molecule has 0 radical (unpaired) electrons. The minimum absolute atomic E-state index is 0.184. The average molecular weight is 324 g/mol. The maximum Gasteiger partial charge on any atom is 0.157 e. The van der Waals surface area contributed by atoms with Crippen molar-refractivity contribution in [1.29, 1.82) is 0 Å². The first-order valence-corrected chi connectivity index (χ1v) is 9.92. The molecule has 1 spiro atoms. The first kappa shape index (κ1) is 16.6. The maximum absolute atomic E-state index is 4.99. The van der Waals surface area contributed by atoms with Gasteiger partial charge in [-0.3, -0.25) is 4.99 Å². The fraction of sp³-hybridized carbons (Fsp3) is 0.944. The number of thioether (sulfide) groups is 1. The third-order valence-corrected chi connectivity index (χ3v) is 8.00. The van der Waals surface area contributed by atoms with E-state index in [2.05, 4.69) is 49.8 Å². The highest BCUT2D eigenvalue weighted by Crippen LogP contribution is 2.52. The Kier molecular flexibility index (Phi) is 4.80. The average Bonchev–Trinajstić information content (AvgIpc) is 2.72. The van der Waals surface area contributed by atoms with Crippen LogP contribution in [0.15, 0.2) is 4.99 Å². The largest absolute Gasteiger partial charge is 0.359 e. The molecule has 0 aromatic heterocycles. The summed E-state index contributed by atoms with van der Waals surface area (Å²) in [5, 5.41) is 4.98. The summed E-state index contributed by atoms with van der Waals surface area (Å²) in [5.74, 6) is 1.69. The van der Waals surface area contributed by atoms with Crippen molar-refractivity contribution in [3.05, 3.63) is 0 Å². The molecule has 0 aromatic rings. The second kappa shape index (κ2) is 6.35. The van der Waals surface area contributed by atoms with Crippen LogP contribution in [-0.2, 0) is 0 Å². The predicted octanol–water partition coefficient (Wildman–Crippen LogP) is 3.75. The zero-order valence-corrected chi connectivity index (χ0v) is 15.6. The molecule has 0 atom stereocenters. The number of rotatable bonds is 2. The van der Waals surface area contributed by atoms with Gasteiger partial charge in [0.2, 0.25) is 0 Å². The van der Waals surface area contributed by atoms with Crippen LogP contribution in [0.1, 0.15) is 59.3 Å². The molecule has 3 rings (SSSR count). The smallest absolute Gasteiger partial charge is 0.157 e. The molecule has 2 heterocycles. The molecule has 0 amide bonds. The van der Waals surface area contributed by atoms with Crippen molar-refractivity contribution >= 4 is 16.9 Å².